The summed E-state index contributed by atoms with van der Waals surface area (Å²) in [5, 5.41) is 12.8. The van der Waals surface area contributed by atoms with Crippen molar-refractivity contribution in [1.29, 1.82) is 5.26 Å². The molecule has 1 rings (SSSR count). The summed E-state index contributed by atoms with van der Waals surface area (Å²) in [4.78, 5) is 51.2. The van der Waals surface area contributed by atoms with E-state index in [1.54, 1.807) is 6.92 Å². The van der Waals surface area contributed by atoms with E-state index in [4.69, 9.17) is 17.1 Å². The lowest BCUT2D eigenvalue weighted by Crippen LogP contribution is -2.32. The number of unbranched alkanes of at least 4 members (excludes halogenated alkanes) is 2. The molecule has 1 heterocycles. The molecule has 0 bridgehead atoms. The Morgan fingerprint density at radius 2 is 1.93 bits per heavy atom. The van der Waals surface area contributed by atoms with Crippen molar-refractivity contribution in [1.82, 2.24) is 10.4 Å². The van der Waals surface area contributed by atoms with Crippen LogP contribution in [0.2, 0.25) is 0 Å². The number of rotatable bonds is 12. The van der Waals surface area contributed by atoms with Gasteiger partial charge in [0.15, 0.2) is 0 Å². The van der Waals surface area contributed by atoms with E-state index < -0.39 is 22.5 Å². The maximum absolute atomic E-state index is 12.0. The highest BCUT2D eigenvalue weighted by Gasteiger charge is 2.32. The van der Waals surface area contributed by atoms with E-state index in [2.05, 4.69) is 11.4 Å². The minimum absolute atomic E-state index is 0. The van der Waals surface area contributed by atoms with Crippen molar-refractivity contribution in [3.63, 3.8) is 0 Å². The molecule has 1 saturated heterocycles. The van der Waals surface area contributed by atoms with E-state index in [9.17, 15) is 24.4 Å². The molecular formula is C19H29N3O5S3. The quantitative estimate of drug-likeness (QED) is 0.258. The monoisotopic (exact) mass is 475 g/mol. The average molecular weight is 476 g/mol. The highest BCUT2D eigenvalue weighted by Crippen LogP contribution is 2.34. The molecule has 168 valence electrons. The fraction of sp³-hybridized carbons (Fsp3) is 0.684. The molecule has 11 heteroatoms. The average Bonchev–Trinajstić information content (AvgIpc) is 3.01. The molecule has 1 aliphatic rings. The highest BCUT2D eigenvalue weighted by molar-refractivity contribution is 8.47. The van der Waals surface area contributed by atoms with Crippen molar-refractivity contribution >= 4 is 63.0 Å². The molecule has 8 nitrogen and oxygen atoms in total. The van der Waals surface area contributed by atoms with Crippen molar-refractivity contribution in [2.75, 3.05) is 12.3 Å². The van der Waals surface area contributed by atoms with Crippen LogP contribution in [0.15, 0.2) is 0 Å². The van der Waals surface area contributed by atoms with E-state index in [1.165, 1.54) is 23.5 Å². The van der Waals surface area contributed by atoms with E-state index in [1.807, 2.05) is 6.92 Å². The van der Waals surface area contributed by atoms with Crippen molar-refractivity contribution in [2.45, 2.75) is 70.0 Å². The summed E-state index contributed by atoms with van der Waals surface area (Å²) in [5.41, 5.74) is 0. The predicted octanol–water partition coefficient (Wildman–Crippen LogP) is 3.35. The Hall–Kier alpha value is -1.64. The molecule has 0 radical (unpaired) electrons. The van der Waals surface area contributed by atoms with Gasteiger partial charge in [0.25, 0.3) is 11.8 Å². The van der Waals surface area contributed by atoms with Gasteiger partial charge in [-0.25, -0.2) is 4.79 Å². The van der Waals surface area contributed by atoms with Crippen molar-refractivity contribution < 1.29 is 25.4 Å². The molecule has 0 saturated carbocycles. The van der Waals surface area contributed by atoms with E-state index in [-0.39, 0.29) is 33.0 Å². The molecule has 1 fully saturated rings. The Bertz CT molecular complexity index is 700. The molecular weight excluding hydrogens is 446 g/mol. The minimum Gasteiger partial charge on any atom is -0.356 e. The third-order valence-corrected chi connectivity index (χ3v) is 6.86. The number of nitriles is 1. The molecule has 0 spiro atoms. The van der Waals surface area contributed by atoms with Crippen LogP contribution in [-0.2, 0) is 24.0 Å². The SMILES string of the molecule is CCSC(=S)SC(C)(C#N)CCC(=O)NCCCCCC(=O)ON1C(=O)CCC1=O.[HH]. The largest absolute Gasteiger partial charge is 0.356 e. The van der Waals surface area contributed by atoms with Crippen molar-refractivity contribution in [3.05, 3.63) is 0 Å². The third-order valence-electron chi connectivity index (χ3n) is 4.22. The van der Waals surface area contributed by atoms with Gasteiger partial charge >= 0.3 is 5.97 Å². The number of imide groups is 1. The molecule has 1 unspecified atom stereocenters. The molecule has 1 N–H and O–H groups in total. The number of amides is 3. The number of nitrogens with one attached hydrogen (secondary N) is 1. The van der Waals surface area contributed by atoms with Gasteiger partial charge in [0.05, 0.1) is 6.07 Å². The maximum Gasteiger partial charge on any atom is 0.333 e. The molecule has 1 atom stereocenters. The normalized spacial score (nSPS) is 15.4. The lowest BCUT2D eigenvalue weighted by Gasteiger charge is -2.20. The van der Waals surface area contributed by atoms with Crippen LogP contribution in [0.5, 0.6) is 0 Å². The van der Waals surface area contributed by atoms with Crippen LogP contribution in [0.25, 0.3) is 0 Å². The summed E-state index contributed by atoms with van der Waals surface area (Å²) < 4.78 is -0.0198. The number of thioether (sulfide) groups is 2. The topological polar surface area (TPSA) is 117 Å². The maximum atomic E-state index is 12.0. The second kappa shape index (κ2) is 13.6. The second-order valence-corrected chi connectivity index (χ2v) is 10.8. The standard InChI is InChI=1S/C19H27N3O5S3.H2/c1-3-29-18(28)30-19(2,13-20)11-10-14(23)21-12-6-4-5-7-17(26)27-22-15(24)8-9-16(22)25;/h3-12H2,1-2H3,(H,21,23);1H. The first kappa shape index (κ1) is 26.4. The Morgan fingerprint density at radius 3 is 2.53 bits per heavy atom. The summed E-state index contributed by atoms with van der Waals surface area (Å²) in [6.45, 7) is 4.25. The van der Waals surface area contributed by atoms with Gasteiger partial charge in [-0.05, 0) is 31.9 Å². The van der Waals surface area contributed by atoms with Crippen molar-refractivity contribution in [2.24, 2.45) is 0 Å². The summed E-state index contributed by atoms with van der Waals surface area (Å²) in [6, 6.07) is 2.24. The summed E-state index contributed by atoms with van der Waals surface area (Å²) in [5.74, 6) is -0.882. The van der Waals surface area contributed by atoms with Crippen LogP contribution in [-0.4, -0.2) is 49.3 Å². The fourth-order valence-electron chi connectivity index (χ4n) is 2.51. The van der Waals surface area contributed by atoms with Crippen LogP contribution in [0.1, 0.15) is 66.6 Å². The molecule has 30 heavy (non-hydrogen) atoms. The van der Waals surface area contributed by atoms with Crippen LogP contribution in [0, 0.1) is 11.3 Å². The van der Waals surface area contributed by atoms with Crippen LogP contribution in [0.3, 0.4) is 0 Å². The Morgan fingerprint density at radius 1 is 1.27 bits per heavy atom. The van der Waals surface area contributed by atoms with Crippen molar-refractivity contribution in [3.8, 4) is 6.07 Å². The zero-order valence-corrected chi connectivity index (χ0v) is 19.7. The lowest BCUT2D eigenvalue weighted by molar-refractivity contribution is -0.197. The van der Waals surface area contributed by atoms with Gasteiger partial charge in [0, 0.05) is 33.7 Å². The van der Waals surface area contributed by atoms with Gasteiger partial charge in [0.1, 0.15) is 8.28 Å². The Labute approximate surface area is 192 Å². The first-order valence-electron chi connectivity index (χ1n) is 9.81. The Kier molecular flexibility index (Phi) is 12.0. The first-order chi connectivity index (χ1) is 14.2. The minimum atomic E-state index is -0.727. The first-order valence-corrected chi connectivity index (χ1v) is 12.0. The Balaban J connectivity index is 0.00000900. The predicted molar refractivity (Wildman–Crippen MR) is 122 cm³/mol. The number of hydrogen-bond donors (Lipinski definition) is 1. The summed E-state index contributed by atoms with van der Waals surface area (Å²) in [6.07, 6.45) is 2.78. The summed E-state index contributed by atoms with van der Waals surface area (Å²) >= 11 is 8.07. The van der Waals surface area contributed by atoms with E-state index >= 15 is 0 Å². The summed E-state index contributed by atoms with van der Waals surface area (Å²) in [7, 11) is 0. The number of hydroxylamine groups is 2. The molecule has 0 aromatic rings. The van der Waals surface area contributed by atoms with Gasteiger partial charge in [0.2, 0.25) is 5.91 Å². The van der Waals surface area contributed by atoms with Gasteiger partial charge in [-0.3, -0.25) is 14.4 Å². The number of nitrogens with zero attached hydrogens (tertiary/aromatic N) is 2. The lowest BCUT2D eigenvalue weighted by atomic mass is 10.1. The molecule has 0 aromatic carbocycles. The highest BCUT2D eigenvalue weighted by atomic mass is 32.2. The number of hydrogen-bond acceptors (Lipinski definition) is 9. The van der Waals surface area contributed by atoms with Gasteiger partial charge in [-0.2, -0.15) is 5.26 Å². The van der Waals surface area contributed by atoms with Gasteiger partial charge < -0.3 is 10.2 Å². The van der Waals surface area contributed by atoms with Crippen LogP contribution < -0.4 is 5.32 Å². The number of thiocarbonyl (C=S) groups is 1. The number of carbonyl (C=O) groups excluding carboxylic acids is 4. The second-order valence-electron chi connectivity index (χ2n) is 6.83. The third kappa shape index (κ3) is 9.91. The number of carbonyl (C=O) groups is 4. The molecule has 0 aliphatic carbocycles. The van der Waals surface area contributed by atoms with Crippen LogP contribution >= 0.6 is 35.7 Å². The van der Waals surface area contributed by atoms with E-state index in [0.29, 0.717) is 40.8 Å². The zero-order valence-electron chi connectivity index (χ0n) is 17.2. The fourth-order valence-corrected chi connectivity index (χ4v) is 5.41. The van der Waals surface area contributed by atoms with Gasteiger partial charge in [-0.15, -0.1) is 16.8 Å². The van der Waals surface area contributed by atoms with Gasteiger partial charge in [-0.1, -0.05) is 37.3 Å². The molecule has 3 amide bonds. The molecule has 1 aliphatic heterocycles. The smallest absolute Gasteiger partial charge is 0.333 e. The van der Waals surface area contributed by atoms with Crippen LogP contribution in [0.4, 0.5) is 0 Å². The zero-order chi connectivity index (χ0) is 22.6. The molecule has 0 aromatic heterocycles. The van der Waals surface area contributed by atoms with E-state index in [0.717, 1.165) is 5.75 Å².